The Bertz CT molecular complexity index is 1630. The summed E-state index contributed by atoms with van der Waals surface area (Å²) in [5.41, 5.74) is 6.33. The molecule has 0 unspecified atom stereocenters. The molecule has 0 bridgehead atoms. The molecule has 8 rings (SSSR count). The van der Waals surface area contributed by atoms with Gasteiger partial charge in [-0.3, -0.25) is 4.98 Å². The van der Waals surface area contributed by atoms with Gasteiger partial charge in [0.05, 0.1) is 11.2 Å². The van der Waals surface area contributed by atoms with E-state index in [4.69, 9.17) is 9.72 Å². The van der Waals surface area contributed by atoms with E-state index in [0.717, 1.165) is 52.5 Å². The van der Waals surface area contributed by atoms with Crippen LogP contribution in [0, 0.1) is 51.8 Å². The highest BCUT2D eigenvalue weighted by Gasteiger charge is 2.67. The van der Waals surface area contributed by atoms with Crippen molar-refractivity contribution in [3.05, 3.63) is 77.5 Å². The van der Waals surface area contributed by atoms with E-state index >= 15 is 0 Å². The van der Waals surface area contributed by atoms with Gasteiger partial charge in [-0.2, -0.15) is 0 Å². The molecule has 2 aromatic carbocycles. The fourth-order valence-electron chi connectivity index (χ4n) is 12.5. The van der Waals surface area contributed by atoms with Gasteiger partial charge in [-0.1, -0.05) is 96.9 Å². The van der Waals surface area contributed by atoms with E-state index in [-0.39, 0.29) is 10.8 Å². The van der Waals surface area contributed by atoms with Crippen LogP contribution in [0.3, 0.4) is 0 Å². The maximum Gasteiger partial charge on any atom is 0.141 e. The lowest BCUT2D eigenvalue weighted by Crippen LogP contribution is -2.63. The second kappa shape index (κ2) is 9.70. The zero-order valence-corrected chi connectivity index (χ0v) is 28.2. The van der Waals surface area contributed by atoms with Crippen LogP contribution < -0.4 is 4.74 Å². The highest BCUT2D eigenvalue weighted by Crippen LogP contribution is 2.74. The van der Waals surface area contributed by atoms with Crippen LogP contribution in [0.5, 0.6) is 11.5 Å². The summed E-state index contributed by atoms with van der Waals surface area (Å²) >= 11 is 0. The Hall–Kier alpha value is -2.61. The van der Waals surface area contributed by atoms with Crippen LogP contribution in [0.15, 0.2) is 66.2 Å². The van der Waals surface area contributed by atoms with Crippen LogP contribution in [0.1, 0.15) is 105 Å². The van der Waals surface area contributed by atoms with Gasteiger partial charge in [0.2, 0.25) is 0 Å². The van der Waals surface area contributed by atoms with Gasteiger partial charge >= 0.3 is 0 Å². The molecule has 0 saturated heterocycles. The van der Waals surface area contributed by atoms with Crippen LogP contribution in [-0.4, -0.2) is 4.98 Å². The van der Waals surface area contributed by atoms with Gasteiger partial charge in [-0.05, 0) is 121 Å². The van der Waals surface area contributed by atoms with Gasteiger partial charge in [-0.15, -0.1) is 0 Å². The number of benzene rings is 2. The topological polar surface area (TPSA) is 22.1 Å². The maximum absolute atomic E-state index is 6.90. The Balaban J connectivity index is 1.27. The number of hydrogen-bond donors (Lipinski definition) is 0. The van der Waals surface area contributed by atoms with Gasteiger partial charge < -0.3 is 4.74 Å². The van der Waals surface area contributed by atoms with E-state index in [0.29, 0.717) is 22.7 Å². The highest BCUT2D eigenvalue weighted by atomic mass is 16.5. The Kier molecular flexibility index (Phi) is 6.36. The lowest BCUT2D eigenvalue weighted by Gasteiger charge is -2.70. The van der Waals surface area contributed by atoms with Crippen molar-refractivity contribution < 1.29 is 4.74 Å². The molecule has 2 heteroatoms. The van der Waals surface area contributed by atoms with Gasteiger partial charge in [0.25, 0.3) is 0 Å². The maximum atomic E-state index is 6.90. The first kappa shape index (κ1) is 28.8. The van der Waals surface area contributed by atoms with Crippen molar-refractivity contribution in [3.8, 4) is 11.5 Å². The molecular formula is C42H53NO. The molecule has 9 atom stereocenters. The number of para-hydroxylation sites is 2. The first-order valence-corrected chi connectivity index (χ1v) is 17.8. The second-order valence-corrected chi connectivity index (χ2v) is 17.1. The minimum Gasteiger partial charge on any atom is -0.456 e. The number of rotatable bonds is 2. The van der Waals surface area contributed by atoms with Gasteiger partial charge in [0.15, 0.2) is 0 Å². The SMILES string of the molecule is C[C@@H]1[C@H]2C3=CC[C@@H]4[C@@]5(C)Cc6c(nc7ccccc7c6Oc6ccccc6)C(C)(C)[C@@H]5CC[C@@]4(C)[C@]3(C)CC[C@@H]2CC[C@H]1C. The monoisotopic (exact) mass is 587 g/mol. The minimum atomic E-state index is -0.0294. The van der Waals surface area contributed by atoms with E-state index in [9.17, 15) is 0 Å². The van der Waals surface area contributed by atoms with Gasteiger partial charge in [-0.25, -0.2) is 0 Å². The molecule has 1 heterocycles. The summed E-state index contributed by atoms with van der Waals surface area (Å²) in [6.07, 6.45) is 13.4. The first-order valence-electron chi connectivity index (χ1n) is 17.8. The van der Waals surface area contributed by atoms with Crippen LogP contribution in [0.25, 0.3) is 10.9 Å². The number of fused-ring (bicyclic) bond motifs is 9. The third kappa shape index (κ3) is 3.75. The molecule has 44 heavy (non-hydrogen) atoms. The summed E-state index contributed by atoms with van der Waals surface area (Å²) in [4.78, 5) is 5.46. The number of aromatic nitrogens is 1. The Labute approximate surface area is 266 Å². The average molecular weight is 588 g/mol. The molecule has 5 aliphatic carbocycles. The molecule has 3 fully saturated rings. The third-order valence-corrected chi connectivity index (χ3v) is 15.1. The smallest absolute Gasteiger partial charge is 0.141 e. The molecule has 2 nitrogen and oxygen atoms in total. The number of nitrogens with zero attached hydrogens (tertiary/aromatic N) is 1. The first-order chi connectivity index (χ1) is 21.0. The van der Waals surface area contributed by atoms with Gasteiger partial charge in [0, 0.05) is 16.4 Å². The molecule has 3 aromatic rings. The van der Waals surface area contributed by atoms with Crippen molar-refractivity contribution in [1.82, 2.24) is 4.98 Å². The van der Waals surface area contributed by atoms with Crippen LogP contribution >= 0.6 is 0 Å². The quantitative estimate of drug-likeness (QED) is 0.278. The summed E-state index contributed by atoms with van der Waals surface area (Å²) in [6, 6.07) is 19.1. The predicted octanol–water partition coefficient (Wildman–Crippen LogP) is 11.3. The summed E-state index contributed by atoms with van der Waals surface area (Å²) in [5, 5.41) is 1.14. The molecule has 0 radical (unpaired) electrons. The number of allylic oxidation sites excluding steroid dienone is 2. The van der Waals surface area contributed by atoms with Crippen LogP contribution in [-0.2, 0) is 11.8 Å². The van der Waals surface area contributed by atoms with E-state index < -0.39 is 0 Å². The fourth-order valence-corrected chi connectivity index (χ4v) is 12.5. The Morgan fingerprint density at radius 1 is 0.795 bits per heavy atom. The highest BCUT2D eigenvalue weighted by molar-refractivity contribution is 5.87. The van der Waals surface area contributed by atoms with Crippen molar-refractivity contribution >= 4 is 10.9 Å². The Morgan fingerprint density at radius 3 is 2.34 bits per heavy atom. The predicted molar refractivity (Wildman–Crippen MR) is 182 cm³/mol. The normalized spacial score (nSPS) is 40.5. The third-order valence-electron chi connectivity index (χ3n) is 15.1. The van der Waals surface area contributed by atoms with Crippen LogP contribution in [0.4, 0.5) is 0 Å². The zero-order valence-electron chi connectivity index (χ0n) is 28.2. The zero-order chi connectivity index (χ0) is 30.6. The minimum absolute atomic E-state index is 0.0294. The lowest BCUT2D eigenvalue weighted by molar-refractivity contribution is -0.154. The molecule has 0 aliphatic heterocycles. The summed E-state index contributed by atoms with van der Waals surface area (Å²) in [6.45, 7) is 18.3. The molecule has 3 saturated carbocycles. The van der Waals surface area contributed by atoms with Crippen molar-refractivity contribution in [3.63, 3.8) is 0 Å². The van der Waals surface area contributed by atoms with E-state index in [1.54, 1.807) is 0 Å². The molecule has 232 valence electrons. The van der Waals surface area contributed by atoms with Crippen LogP contribution in [0.2, 0.25) is 0 Å². The van der Waals surface area contributed by atoms with E-state index in [2.05, 4.69) is 109 Å². The molecule has 5 aliphatic rings. The number of hydrogen-bond acceptors (Lipinski definition) is 2. The number of pyridine rings is 1. The summed E-state index contributed by atoms with van der Waals surface area (Å²) in [5.74, 6) is 6.57. The van der Waals surface area contributed by atoms with Crippen molar-refractivity contribution in [2.24, 2.45) is 51.8 Å². The second-order valence-electron chi connectivity index (χ2n) is 17.1. The Morgan fingerprint density at radius 2 is 1.55 bits per heavy atom. The average Bonchev–Trinajstić information content (AvgIpc) is 3.00. The summed E-state index contributed by atoms with van der Waals surface area (Å²) in [7, 11) is 0. The molecule has 0 amide bonds. The fraction of sp³-hybridized carbons (Fsp3) is 0.595. The van der Waals surface area contributed by atoms with Crippen molar-refractivity contribution in [2.45, 2.75) is 105 Å². The summed E-state index contributed by atoms with van der Waals surface area (Å²) < 4.78 is 6.90. The molecule has 0 N–H and O–H groups in total. The van der Waals surface area contributed by atoms with Crippen molar-refractivity contribution in [1.29, 1.82) is 0 Å². The van der Waals surface area contributed by atoms with E-state index in [1.807, 2.05) is 5.57 Å². The van der Waals surface area contributed by atoms with E-state index in [1.165, 1.54) is 56.2 Å². The van der Waals surface area contributed by atoms with Gasteiger partial charge in [0.1, 0.15) is 11.5 Å². The van der Waals surface area contributed by atoms with Crippen molar-refractivity contribution in [2.75, 3.05) is 0 Å². The molecule has 0 spiro atoms. The molecule has 1 aromatic heterocycles. The largest absolute Gasteiger partial charge is 0.456 e. The standard InChI is InChI=1S/C42H53NO/c1-26-17-18-28-21-23-41(6)32(36(28)27(26)2)19-20-35-40(5)25-31-37(44-29-13-9-8-10-14-29)30-15-11-12-16-33(30)43-38(31)39(3,4)34(40)22-24-42(35,41)7/h8-16,19,26-28,34-36H,17-18,20-25H2,1-7H3/t26-,27+,28+,34+,35-,36-,40+,41-,42-/m1/s1. The molecular weight excluding hydrogens is 534 g/mol. The number of ether oxygens (including phenoxy) is 1. The lowest BCUT2D eigenvalue weighted by atomic mass is 9.34.